The van der Waals surface area contributed by atoms with Gasteiger partial charge in [-0.2, -0.15) is 0 Å². The van der Waals surface area contributed by atoms with Gasteiger partial charge in [0.15, 0.2) is 0 Å². The summed E-state index contributed by atoms with van der Waals surface area (Å²) >= 11 is 2.22. The number of nitrogens with zero attached hydrogens (tertiary/aromatic N) is 2. The highest BCUT2D eigenvalue weighted by molar-refractivity contribution is 14.1. The molecule has 0 atom stereocenters. The van der Waals surface area contributed by atoms with Crippen molar-refractivity contribution >= 4 is 33.5 Å². The molecule has 0 aliphatic rings. The van der Waals surface area contributed by atoms with Crippen LogP contribution < -0.4 is 0 Å². The Labute approximate surface area is 84.2 Å². The van der Waals surface area contributed by atoms with Gasteiger partial charge in [0, 0.05) is 5.39 Å². The minimum Gasteiger partial charge on any atom is -0.236 e. The molecule has 12 heavy (non-hydrogen) atoms. The van der Waals surface area contributed by atoms with E-state index in [0.717, 1.165) is 14.6 Å². The zero-order valence-electron chi connectivity index (χ0n) is 6.58. The minimum absolute atomic E-state index is 1.01. The van der Waals surface area contributed by atoms with E-state index in [1.54, 1.807) is 6.33 Å². The predicted octanol–water partition coefficient (Wildman–Crippen LogP) is 2.54. The van der Waals surface area contributed by atoms with Crippen LogP contribution >= 0.6 is 22.6 Å². The molecule has 0 N–H and O–H groups in total. The zero-order valence-corrected chi connectivity index (χ0v) is 8.74. The summed E-state index contributed by atoms with van der Waals surface area (Å²) in [6.07, 6.45) is 1.60. The van der Waals surface area contributed by atoms with E-state index in [0.29, 0.717) is 0 Å². The summed E-state index contributed by atoms with van der Waals surface area (Å²) in [6, 6.07) is 6.19. The maximum absolute atomic E-state index is 4.17. The molecular weight excluding hydrogens is 263 g/mol. The number of aromatic nitrogens is 2. The lowest BCUT2D eigenvalue weighted by molar-refractivity contribution is 1.19. The molecule has 2 nitrogen and oxygen atoms in total. The number of fused-ring (bicyclic) bond motifs is 1. The smallest absolute Gasteiger partial charge is 0.117 e. The molecule has 0 radical (unpaired) electrons. The van der Waals surface area contributed by atoms with Crippen molar-refractivity contribution in [2.75, 3.05) is 0 Å². The molecule has 0 saturated carbocycles. The largest absolute Gasteiger partial charge is 0.236 e. The third kappa shape index (κ3) is 1.29. The van der Waals surface area contributed by atoms with Crippen LogP contribution in [0.25, 0.3) is 10.9 Å². The van der Waals surface area contributed by atoms with Gasteiger partial charge in [-0.15, -0.1) is 0 Å². The van der Waals surface area contributed by atoms with E-state index in [1.165, 1.54) is 5.56 Å². The average molecular weight is 270 g/mol. The molecule has 0 unspecified atom stereocenters. The van der Waals surface area contributed by atoms with Crippen LogP contribution in [0.5, 0.6) is 0 Å². The van der Waals surface area contributed by atoms with Gasteiger partial charge in [0.2, 0.25) is 0 Å². The van der Waals surface area contributed by atoms with Gasteiger partial charge < -0.3 is 0 Å². The van der Waals surface area contributed by atoms with E-state index in [-0.39, 0.29) is 0 Å². The Bertz CT molecular complexity index is 426. The quantitative estimate of drug-likeness (QED) is 0.543. The van der Waals surface area contributed by atoms with E-state index < -0.39 is 0 Å². The van der Waals surface area contributed by atoms with Crippen molar-refractivity contribution in [1.29, 1.82) is 0 Å². The third-order valence-electron chi connectivity index (χ3n) is 1.74. The van der Waals surface area contributed by atoms with E-state index in [4.69, 9.17) is 0 Å². The summed E-state index contributed by atoms with van der Waals surface area (Å²) in [5.74, 6) is 0. The second kappa shape index (κ2) is 2.97. The minimum atomic E-state index is 1.01. The topological polar surface area (TPSA) is 25.8 Å². The van der Waals surface area contributed by atoms with Crippen molar-refractivity contribution in [1.82, 2.24) is 9.97 Å². The average Bonchev–Trinajstić information content (AvgIpc) is 2.07. The summed E-state index contributed by atoms with van der Waals surface area (Å²) in [6.45, 7) is 2.07. The van der Waals surface area contributed by atoms with Crippen LogP contribution in [0.3, 0.4) is 0 Å². The Morgan fingerprint density at radius 3 is 2.92 bits per heavy atom. The Kier molecular flexibility index (Phi) is 1.96. The first-order valence-corrected chi connectivity index (χ1v) is 4.72. The maximum atomic E-state index is 4.17. The van der Waals surface area contributed by atoms with Gasteiger partial charge in [-0.1, -0.05) is 11.6 Å². The highest BCUT2D eigenvalue weighted by Crippen LogP contribution is 2.17. The molecule has 0 spiro atoms. The number of hydrogen-bond donors (Lipinski definition) is 0. The predicted molar refractivity (Wildman–Crippen MR) is 57.0 cm³/mol. The van der Waals surface area contributed by atoms with E-state index in [9.17, 15) is 0 Å². The van der Waals surface area contributed by atoms with Gasteiger partial charge in [-0.05, 0) is 41.6 Å². The lowest BCUT2D eigenvalue weighted by Crippen LogP contribution is -1.86. The van der Waals surface area contributed by atoms with Gasteiger partial charge in [0.25, 0.3) is 0 Å². The Hall–Kier alpha value is -0.710. The Morgan fingerprint density at radius 1 is 1.25 bits per heavy atom. The maximum Gasteiger partial charge on any atom is 0.117 e. The number of hydrogen-bond acceptors (Lipinski definition) is 2. The van der Waals surface area contributed by atoms with Crippen molar-refractivity contribution in [3.63, 3.8) is 0 Å². The summed E-state index contributed by atoms with van der Waals surface area (Å²) in [7, 11) is 0. The Morgan fingerprint density at radius 2 is 2.08 bits per heavy atom. The zero-order chi connectivity index (χ0) is 8.55. The van der Waals surface area contributed by atoms with Crippen molar-refractivity contribution < 1.29 is 0 Å². The van der Waals surface area contributed by atoms with Gasteiger partial charge in [0.05, 0.1) is 5.52 Å². The van der Waals surface area contributed by atoms with Gasteiger partial charge >= 0.3 is 0 Å². The van der Waals surface area contributed by atoms with Gasteiger partial charge in [-0.3, -0.25) is 0 Å². The van der Waals surface area contributed by atoms with Gasteiger partial charge in [0.1, 0.15) is 10.0 Å². The summed E-state index contributed by atoms with van der Waals surface area (Å²) in [5.41, 5.74) is 2.26. The molecule has 60 valence electrons. The molecule has 1 aromatic heterocycles. The number of benzene rings is 1. The number of rotatable bonds is 0. The Balaban J connectivity index is 2.88. The lowest BCUT2D eigenvalue weighted by Gasteiger charge is -1.98. The molecule has 0 amide bonds. The van der Waals surface area contributed by atoms with E-state index in [1.807, 2.05) is 6.07 Å². The second-order valence-corrected chi connectivity index (χ2v) is 3.71. The SMILES string of the molecule is Cc1ccc2ncnc(I)c2c1. The number of halogens is 1. The molecule has 1 aromatic carbocycles. The first kappa shape index (κ1) is 7.91. The van der Waals surface area contributed by atoms with Crippen LogP contribution in [-0.2, 0) is 0 Å². The van der Waals surface area contributed by atoms with Crippen LogP contribution in [0.15, 0.2) is 24.5 Å². The fourth-order valence-electron chi connectivity index (χ4n) is 1.14. The first-order valence-electron chi connectivity index (χ1n) is 3.64. The molecular formula is C9H7IN2. The summed E-state index contributed by atoms with van der Waals surface area (Å²) in [5, 5.41) is 1.14. The molecule has 0 bridgehead atoms. The monoisotopic (exact) mass is 270 g/mol. The van der Waals surface area contributed by atoms with Crippen LogP contribution in [0.2, 0.25) is 0 Å². The molecule has 1 heterocycles. The molecule has 0 aliphatic carbocycles. The fraction of sp³-hybridized carbons (Fsp3) is 0.111. The van der Waals surface area contributed by atoms with Crippen LogP contribution in [0.4, 0.5) is 0 Å². The van der Waals surface area contributed by atoms with Crippen molar-refractivity contribution in [3.8, 4) is 0 Å². The van der Waals surface area contributed by atoms with Crippen LogP contribution in [0.1, 0.15) is 5.56 Å². The van der Waals surface area contributed by atoms with Crippen molar-refractivity contribution in [2.24, 2.45) is 0 Å². The van der Waals surface area contributed by atoms with Gasteiger partial charge in [-0.25, -0.2) is 9.97 Å². The highest BCUT2D eigenvalue weighted by Gasteiger charge is 1.98. The normalized spacial score (nSPS) is 10.5. The van der Waals surface area contributed by atoms with E-state index in [2.05, 4.69) is 51.6 Å². The number of aryl methyl sites for hydroxylation is 1. The molecule has 2 rings (SSSR count). The van der Waals surface area contributed by atoms with Crippen molar-refractivity contribution in [2.45, 2.75) is 6.92 Å². The summed E-state index contributed by atoms with van der Waals surface area (Å²) < 4.78 is 1.02. The van der Waals surface area contributed by atoms with E-state index >= 15 is 0 Å². The van der Waals surface area contributed by atoms with Crippen LogP contribution in [0, 0.1) is 10.6 Å². The van der Waals surface area contributed by atoms with Crippen molar-refractivity contribution in [3.05, 3.63) is 33.8 Å². The fourth-order valence-corrected chi connectivity index (χ4v) is 1.70. The molecule has 0 aliphatic heterocycles. The molecule has 0 saturated heterocycles. The molecule has 3 heteroatoms. The third-order valence-corrected chi connectivity index (χ3v) is 2.60. The molecule has 2 aromatic rings. The molecule has 0 fully saturated rings. The highest BCUT2D eigenvalue weighted by atomic mass is 127. The first-order chi connectivity index (χ1) is 5.77. The second-order valence-electron chi connectivity index (χ2n) is 2.69. The van der Waals surface area contributed by atoms with Crippen LogP contribution in [-0.4, -0.2) is 9.97 Å². The summed E-state index contributed by atoms with van der Waals surface area (Å²) in [4.78, 5) is 8.29. The standard InChI is InChI=1S/C9H7IN2/c1-6-2-3-8-7(4-6)9(10)12-5-11-8/h2-5H,1H3. The lowest BCUT2D eigenvalue weighted by atomic mass is 10.2.